The highest BCUT2D eigenvalue weighted by Gasteiger charge is 2.20. The van der Waals surface area contributed by atoms with Crippen molar-refractivity contribution in [2.24, 2.45) is 0 Å². The summed E-state index contributed by atoms with van der Waals surface area (Å²) in [5.74, 6) is -1.70. The SMILES string of the molecule is Cc1cc2c(F)c(Oc3ncnc(Nc4ccc(N5CCN(C)CC5)cc4)c3NC=O)cc(F)c2[nH]1. The molecule has 3 N–H and O–H groups in total. The first kappa shape index (κ1) is 23.5. The van der Waals surface area contributed by atoms with Crippen LogP contribution in [0.15, 0.2) is 42.7 Å². The van der Waals surface area contributed by atoms with E-state index >= 15 is 4.39 Å². The van der Waals surface area contributed by atoms with Crippen molar-refractivity contribution >= 4 is 40.2 Å². The van der Waals surface area contributed by atoms with Gasteiger partial charge in [-0.3, -0.25) is 4.79 Å². The molecule has 9 nitrogen and oxygen atoms in total. The predicted octanol–water partition coefficient (Wildman–Crippen LogP) is 4.40. The first-order chi connectivity index (χ1) is 17.4. The van der Waals surface area contributed by atoms with Gasteiger partial charge in [-0.15, -0.1) is 0 Å². The molecule has 1 aliphatic rings. The number of aromatic amines is 1. The number of ether oxygens (including phenoxy) is 1. The number of likely N-dealkylation sites (N-methyl/N-ethyl adjacent to an activating group) is 1. The summed E-state index contributed by atoms with van der Waals surface area (Å²) >= 11 is 0. The van der Waals surface area contributed by atoms with E-state index in [1.807, 2.05) is 24.3 Å². The third-order valence-electron chi connectivity index (χ3n) is 6.12. The number of H-pyrrole nitrogens is 1. The maximum Gasteiger partial charge on any atom is 0.248 e. The minimum atomic E-state index is -0.750. The van der Waals surface area contributed by atoms with E-state index in [2.05, 4.69) is 42.4 Å². The minimum Gasteiger partial charge on any atom is -0.434 e. The molecule has 2 aromatic carbocycles. The molecule has 0 radical (unpaired) electrons. The average molecular weight is 494 g/mol. The van der Waals surface area contributed by atoms with Gasteiger partial charge in [0.2, 0.25) is 12.3 Å². The zero-order chi connectivity index (χ0) is 25.2. The third kappa shape index (κ3) is 4.65. The topological polar surface area (TPSA) is 98.4 Å². The number of aryl methyl sites for hydroxylation is 1. The molecular formula is C25H25F2N7O2. The van der Waals surface area contributed by atoms with Crippen LogP contribution in [0.3, 0.4) is 0 Å². The summed E-state index contributed by atoms with van der Waals surface area (Å²) < 4.78 is 35.2. The van der Waals surface area contributed by atoms with Crippen LogP contribution in [-0.4, -0.2) is 59.5 Å². The van der Waals surface area contributed by atoms with E-state index in [9.17, 15) is 9.18 Å². The Labute approximate surface area is 206 Å². The highest BCUT2D eigenvalue weighted by molar-refractivity contribution is 5.86. The molecule has 0 spiro atoms. The number of fused-ring (bicyclic) bond motifs is 1. The van der Waals surface area contributed by atoms with Gasteiger partial charge >= 0.3 is 0 Å². The van der Waals surface area contributed by atoms with Gasteiger partial charge in [-0.05, 0) is 44.3 Å². The number of halogens is 2. The van der Waals surface area contributed by atoms with Crippen molar-refractivity contribution in [3.05, 3.63) is 60.1 Å². The molecular weight excluding hydrogens is 468 g/mol. The summed E-state index contributed by atoms with van der Waals surface area (Å²) in [5, 5.41) is 5.68. The molecule has 1 fully saturated rings. The molecule has 4 aromatic rings. The number of piperazine rings is 1. The predicted molar refractivity (Wildman–Crippen MR) is 134 cm³/mol. The lowest BCUT2D eigenvalue weighted by Gasteiger charge is -2.34. The van der Waals surface area contributed by atoms with Crippen molar-refractivity contribution in [1.82, 2.24) is 19.9 Å². The summed E-state index contributed by atoms with van der Waals surface area (Å²) in [6, 6.07) is 10.2. The second kappa shape index (κ2) is 9.78. The van der Waals surface area contributed by atoms with E-state index < -0.39 is 11.6 Å². The number of anilines is 4. The minimum absolute atomic E-state index is 0.0497. The number of nitrogens with zero attached hydrogens (tertiary/aromatic N) is 4. The molecule has 0 saturated carbocycles. The van der Waals surface area contributed by atoms with E-state index in [1.165, 1.54) is 12.4 Å². The van der Waals surface area contributed by atoms with Gasteiger partial charge in [0.25, 0.3) is 0 Å². The van der Waals surface area contributed by atoms with Crippen LogP contribution in [0.5, 0.6) is 11.6 Å². The maximum absolute atomic E-state index is 15.1. The van der Waals surface area contributed by atoms with Crippen molar-refractivity contribution in [2.45, 2.75) is 6.92 Å². The Balaban J connectivity index is 1.41. The Bertz CT molecular complexity index is 1400. The lowest BCUT2D eigenvalue weighted by molar-refractivity contribution is -0.105. The second-order valence-corrected chi connectivity index (χ2v) is 8.64. The van der Waals surface area contributed by atoms with Crippen LogP contribution < -0.4 is 20.3 Å². The summed E-state index contributed by atoms with van der Waals surface area (Å²) in [4.78, 5) is 26.9. The summed E-state index contributed by atoms with van der Waals surface area (Å²) in [6.45, 7) is 5.62. The number of hydrogen-bond acceptors (Lipinski definition) is 7. The third-order valence-corrected chi connectivity index (χ3v) is 6.12. The molecule has 36 heavy (non-hydrogen) atoms. The van der Waals surface area contributed by atoms with Crippen LogP contribution >= 0.6 is 0 Å². The lowest BCUT2D eigenvalue weighted by atomic mass is 10.2. The van der Waals surface area contributed by atoms with Gasteiger partial charge in [-0.2, -0.15) is 4.98 Å². The number of carbonyl (C=O) groups is 1. The Morgan fingerprint density at radius 1 is 1.08 bits per heavy atom. The zero-order valence-corrected chi connectivity index (χ0v) is 19.8. The number of rotatable bonds is 7. The van der Waals surface area contributed by atoms with Crippen molar-refractivity contribution in [3.63, 3.8) is 0 Å². The highest BCUT2D eigenvalue weighted by Crippen LogP contribution is 2.37. The normalized spacial score (nSPS) is 14.2. The highest BCUT2D eigenvalue weighted by atomic mass is 19.1. The zero-order valence-electron chi connectivity index (χ0n) is 19.8. The fourth-order valence-corrected chi connectivity index (χ4v) is 4.20. The van der Waals surface area contributed by atoms with Gasteiger partial charge in [0.1, 0.15) is 12.0 Å². The maximum atomic E-state index is 15.1. The largest absolute Gasteiger partial charge is 0.434 e. The van der Waals surface area contributed by atoms with Crippen LogP contribution in [0.4, 0.5) is 31.7 Å². The molecule has 0 aliphatic carbocycles. The smallest absolute Gasteiger partial charge is 0.248 e. The van der Waals surface area contributed by atoms with Gasteiger partial charge in [-0.25, -0.2) is 13.8 Å². The molecule has 3 heterocycles. The van der Waals surface area contributed by atoms with E-state index in [4.69, 9.17) is 4.74 Å². The quantitative estimate of drug-likeness (QED) is 0.328. The second-order valence-electron chi connectivity index (χ2n) is 8.64. The van der Waals surface area contributed by atoms with E-state index in [0.717, 1.165) is 37.9 Å². The molecule has 11 heteroatoms. The van der Waals surface area contributed by atoms with Crippen LogP contribution in [0.25, 0.3) is 10.9 Å². The monoisotopic (exact) mass is 493 g/mol. The molecule has 5 rings (SSSR count). The fraction of sp³-hybridized carbons (Fsp3) is 0.240. The molecule has 0 atom stereocenters. The van der Waals surface area contributed by atoms with Gasteiger partial charge < -0.3 is 30.2 Å². The fourth-order valence-electron chi connectivity index (χ4n) is 4.20. The summed E-state index contributed by atoms with van der Waals surface area (Å²) in [6.07, 6.45) is 1.64. The Hall–Kier alpha value is -4.25. The summed E-state index contributed by atoms with van der Waals surface area (Å²) in [7, 11) is 2.11. The van der Waals surface area contributed by atoms with Crippen molar-refractivity contribution < 1.29 is 18.3 Å². The number of nitrogens with one attached hydrogen (secondary N) is 3. The standard InChI is InChI=1S/C25H25F2N7O2/c1-15-11-18-21(27)20(12-19(26)22(18)31-15)36-25-23(30-14-35)24(28-13-29-25)32-16-3-5-17(6-4-16)34-9-7-33(2)8-10-34/h3-6,11-14,31H,7-10H2,1-2H3,(H,30,35)(H,28,29,32). The Kier molecular flexibility index (Phi) is 6.38. The van der Waals surface area contributed by atoms with Gasteiger partial charge in [0.15, 0.2) is 23.2 Å². The lowest BCUT2D eigenvalue weighted by Crippen LogP contribution is -2.44. The van der Waals surface area contributed by atoms with Crippen LogP contribution in [0.2, 0.25) is 0 Å². The van der Waals surface area contributed by atoms with Crippen molar-refractivity contribution in [3.8, 4) is 11.6 Å². The molecule has 2 aromatic heterocycles. The van der Waals surface area contributed by atoms with E-state index in [0.29, 0.717) is 17.8 Å². The molecule has 0 unspecified atom stereocenters. The number of aromatic nitrogens is 3. The number of amides is 1. The Morgan fingerprint density at radius 3 is 2.56 bits per heavy atom. The molecule has 1 aliphatic heterocycles. The average Bonchev–Trinajstić information content (AvgIpc) is 3.28. The van der Waals surface area contributed by atoms with Crippen LogP contribution in [-0.2, 0) is 4.79 Å². The molecule has 0 bridgehead atoms. The van der Waals surface area contributed by atoms with E-state index in [1.54, 1.807) is 6.92 Å². The number of hydrogen-bond donors (Lipinski definition) is 3. The van der Waals surface area contributed by atoms with Crippen molar-refractivity contribution in [1.29, 1.82) is 0 Å². The van der Waals surface area contributed by atoms with E-state index in [-0.39, 0.29) is 34.0 Å². The van der Waals surface area contributed by atoms with Gasteiger partial charge in [-0.1, -0.05) is 0 Å². The molecule has 1 saturated heterocycles. The van der Waals surface area contributed by atoms with Crippen LogP contribution in [0, 0.1) is 18.6 Å². The Morgan fingerprint density at radius 2 is 1.83 bits per heavy atom. The van der Waals surface area contributed by atoms with Crippen LogP contribution in [0.1, 0.15) is 5.69 Å². The molecule has 186 valence electrons. The van der Waals surface area contributed by atoms with Crippen molar-refractivity contribution in [2.75, 3.05) is 48.8 Å². The number of carbonyl (C=O) groups excluding carboxylic acids is 1. The van der Waals surface area contributed by atoms with Gasteiger partial charge in [0.05, 0.1) is 5.52 Å². The molecule has 1 amide bonds. The first-order valence-corrected chi connectivity index (χ1v) is 11.4. The summed E-state index contributed by atoms with van der Waals surface area (Å²) in [5.41, 5.74) is 2.57. The van der Waals surface area contributed by atoms with Gasteiger partial charge in [0, 0.05) is 54.7 Å². The number of benzene rings is 2. The first-order valence-electron chi connectivity index (χ1n) is 11.4.